The van der Waals surface area contributed by atoms with Gasteiger partial charge < -0.3 is 9.71 Å². The molecule has 0 bridgehead atoms. The van der Waals surface area contributed by atoms with Crippen LogP contribution < -0.4 is 10.2 Å². The summed E-state index contributed by atoms with van der Waals surface area (Å²) in [6.07, 6.45) is -1.96. The van der Waals surface area contributed by atoms with Gasteiger partial charge in [-0.25, -0.2) is 0 Å². The Hall–Kier alpha value is -1.96. The Labute approximate surface area is 116 Å². The van der Waals surface area contributed by atoms with E-state index in [1.807, 2.05) is 11.9 Å². The SMILES string of the molecule is Cc1ccc(SNc2c[nH]c(C(F)(F)F)cc2=O)cn1. The summed E-state index contributed by atoms with van der Waals surface area (Å²) in [5.74, 6) is 0. The molecule has 4 nitrogen and oxygen atoms in total. The molecule has 2 rings (SSSR count). The van der Waals surface area contributed by atoms with Gasteiger partial charge in [-0.2, -0.15) is 13.2 Å². The number of pyridine rings is 2. The molecule has 2 N–H and O–H groups in total. The number of hydrogen-bond acceptors (Lipinski definition) is 4. The van der Waals surface area contributed by atoms with Crippen LogP contribution in [0.5, 0.6) is 0 Å². The number of nitrogens with one attached hydrogen (secondary N) is 2. The first-order valence-electron chi connectivity index (χ1n) is 5.52. The second kappa shape index (κ2) is 5.58. The molecule has 0 aliphatic heterocycles. The van der Waals surface area contributed by atoms with Crippen LogP contribution in [-0.2, 0) is 6.18 Å². The maximum absolute atomic E-state index is 12.4. The smallest absolute Gasteiger partial charge is 0.356 e. The molecule has 0 aliphatic rings. The van der Waals surface area contributed by atoms with Crippen molar-refractivity contribution in [3.05, 3.63) is 52.2 Å². The number of alkyl halides is 3. The molecule has 0 unspecified atom stereocenters. The van der Waals surface area contributed by atoms with Crippen molar-refractivity contribution in [1.29, 1.82) is 0 Å². The molecule has 2 aromatic heterocycles. The summed E-state index contributed by atoms with van der Waals surface area (Å²) >= 11 is 1.10. The van der Waals surface area contributed by atoms with Crippen LogP contribution in [0.4, 0.5) is 18.9 Å². The van der Waals surface area contributed by atoms with Gasteiger partial charge in [-0.3, -0.25) is 9.78 Å². The maximum atomic E-state index is 12.4. The molecule has 0 radical (unpaired) electrons. The van der Waals surface area contributed by atoms with Gasteiger partial charge in [-0.05, 0) is 31.0 Å². The van der Waals surface area contributed by atoms with Crippen molar-refractivity contribution in [2.45, 2.75) is 18.0 Å². The monoisotopic (exact) mass is 301 g/mol. The molecule has 0 amide bonds. The van der Waals surface area contributed by atoms with Crippen LogP contribution in [0, 0.1) is 6.92 Å². The number of aromatic amines is 1. The number of hydrogen-bond donors (Lipinski definition) is 2. The summed E-state index contributed by atoms with van der Waals surface area (Å²) in [6.45, 7) is 1.84. The highest BCUT2D eigenvalue weighted by Crippen LogP contribution is 2.27. The van der Waals surface area contributed by atoms with Gasteiger partial charge in [0.05, 0.1) is 0 Å². The van der Waals surface area contributed by atoms with Crippen LogP contribution >= 0.6 is 11.9 Å². The second-order valence-electron chi connectivity index (χ2n) is 3.96. The molecular formula is C12H10F3N3OS. The van der Waals surface area contributed by atoms with Crippen LogP contribution in [0.2, 0.25) is 0 Å². The Morgan fingerprint density at radius 2 is 2.10 bits per heavy atom. The third-order valence-corrected chi connectivity index (χ3v) is 3.18. The molecular weight excluding hydrogens is 291 g/mol. The van der Waals surface area contributed by atoms with Crippen LogP contribution in [0.25, 0.3) is 0 Å². The van der Waals surface area contributed by atoms with Crippen molar-refractivity contribution in [1.82, 2.24) is 9.97 Å². The van der Waals surface area contributed by atoms with E-state index in [9.17, 15) is 18.0 Å². The van der Waals surface area contributed by atoms with Gasteiger partial charge in [0.15, 0.2) is 0 Å². The minimum absolute atomic E-state index is 0.0450. The van der Waals surface area contributed by atoms with Crippen LogP contribution in [-0.4, -0.2) is 9.97 Å². The molecule has 0 aromatic carbocycles. The molecule has 0 aliphatic carbocycles. The number of aryl methyl sites for hydroxylation is 1. The number of halogens is 3. The van der Waals surface area contributed by atoms with Crippen LogP contribution in [0.1, 0.15) is 11.4 Å². The van der Waals surface area contributed by atoms with E-state index in [0.717, 1.165) is 28.7 Å². The number of aromatic nitrogens is 2. The van der Waals surface area contributed by atoms with Gasteiger partial charge in [0.1, 0.15) is 11.4 Å². The fourth-order valence-corrected chi connectivity index (χ4v) is 1.97. The standard InChI is InChI=1S/C12H10F3N3OS/c1-7-2-3-8(5-16-7)20-18-9-6-17-11(4-10(9)19)12(13,14)15/h2-6,18H,1H3,(H,17,19). The molecule has 0 saturated heterocycles. The molecule has 2 aromatic rings. The zero-order valence-corrected chi connectivity index (χ0v) is 11.1. The van der Waals surface area contributed by atoms with Gasteiger partial charge in [0, 0.05) is 29.0 Å². The third-order valence-electron chi connectivity index (χ3n) is 2.38. The number of H-pyrrole nitrogens is 1. The van der Waals surface area contributed by atoms with Crippen LogP contribution in [0.15, 0.2) is 40.3 Å². The highest BCUT2D eigenvalue weighted by atomic mass is 32.2. The fourth-order valence-electron chi connectivity index (χ4n) is 1.34. The Bertz CT molecular complexity index is 652. The van der Waals surface area contributed by atoms with E-state index in [1.54, 1.807) is 18.3 Å². The Morgan fingerprint density at radius 1 is 1.35 bits per heavy atom. The Morgan fingerprint density at radius 3 is 2.65 bits per heavy atom. The van der Waals surface area contributed by atoms with Crippen LogP contribution in [0.3, 0.4) is 0 Å². The molecule has 8 heteroatoms. The van der Waals surface area contributed by atoms with E-state index in [4.69, 9.17) is 0 Å². The highest BCUT2D eigenvalue weighted by Gasteiger charge is 2.32. The van der Waals surface area contributed by atoms with Crippen molar-refractivity contribution in [3.8, 4) is 0 Å². The van der Waals surface area contributed by atoms with Gasteiger partial charge >= 0.3 is 6.18 Å². The molecule has 0 atom stereocenters. The second-order valence-corrected chi connectivity index (χ2v) is 4.84. The lowest BCUT2D eigenvalue weighted by Gasteiger charge is -2.08. The van der Waals surface area contributed by atoms with Crippen molar-refractivity contribution >= 4 is 17.6 Å². The summed E-state index contributed by atoms with van der Waals surface area (Å²) in [6, 6.07) is 4.11. The average molecular weight is 301 g/mol. The maximum Gasteiger partial charge on any atom is 0.431 e. The molecule has 0 fully saturated rings. The lowest BCUT2D eigenvalue weighted by molar-refractivity contribution is -0.141. The van der Waals surface area contributed by atoms with Gasteiger partial charge in [0.25, 0.3) is 0 Å². The van der Waals surface area contributed by atoms with E-state index in [1.165, 1.54) is 0 Å². The molecule has 20 heavy (non-hydrogen) atoms. The first kappa shape index (κ1) is 14.4. The van der Waals surface area contributed by atoms with Gasteiger partial charge in [-0.1, -0.05) is 0 Å². The predicted molar refractivity (Wildman–Crippen MR) is 70.5 cm³/mol. The fraction of sp³-hybridized carbons (Fsp3) is 0.167. The lowest BCUT2D eigenvalue weighted by atomic mass is 10.3. The summed E-state index contributed by atoms with van der Waals surface area (Å²) in [5.41, 5.74) is -0.913. The van der Waals surface area contributed by atoms with E-state index >= 15 is 0 Å². The number of nitrogens with zero attached hydrogens (tertiary/aromatic N) is 1. The lowest BCUT2D eigenvalue weighted by Crippen LogP contribution is -2.15. The van der Waals surface area contributed by atoms with E-state index in [-0.39, 0.29) is 5.69 Å². The van der Waals surface area contributed by atoms with Gasteiger partial charge in [-0.15, -0.1) is 0 Å². The van der Waals surface area contributed by atoms with E-state index in [2.05, 4.69) is 9.71 Å². The molecule has 0 saturated carbocycles. The number of rotatable bonds is 3. The van der Waals surface area contributed by atoms with E-state index in [0.29, 0.717) is 6.07 Å². The zero-order valence-electron chi connectivity index (χ0n) is 10.3. The quantitative estimate of drug-likeness (QED) is 0.855. The Balaban J connectivity index is 2.11. The van der Waals surface area contributed by atoms with E-state index < -0.39 is 17.3 Å². The largest absolute Gasteiger partial charge is 0.431 e. The molecule has 106 valence electrons. The Kier molecular flexibility index (Phi) is 4.03. The minimum atomic E-state index is -4.56. The first-order valence-corrected chi connectivity index (χ1v) is 6.33. The van der Waals surface area contributed by atoms with Crippen molar-refractivity contribution < 1.29 is 13.2 Å². The molecule has 2 heterocycles. The summed E-state index contributed by atoms with van der Waals surface area (Å²) < 4.78 is 39.8. The average Bonchev–Trinajstić information content (AvgIpc) is 2.38. The van der Waals surface area contributed by atoms with Crippen molar-refractivity contribution in [2.24, 2.45) is 0 Å². The topological polar surface area (TPSA) is 57.8 Å². The summed E-state index contributed by atoms with van der Waals surface area (Å²) in [5, 5.41) is 0. The van der Waals surface area contributed by atoms with Crippen molar-refractivity contribution in [2.75, 3.05) is 4.72 Å². The van der Waals surface area contributed by atoms with Crippen molar-refractivity contribution in [3.63, 3.8) is 0 Å². The summed E-state index contributed by atoms with van der Waals surface area (Å²) in [7, 11) is 0. The first-order chi connectivity index (χ1) is 9.36. The zero-order chi connectivity index (χ0) is 14.8. The number of anilines is 1. The highest BCUT2D eigenvalue weighted by molar-refractivity contribution is 8.00. The van der Waals surface area contributed by atoms with Gasteiger partial charge in [0.2, 0.25) is 5.43 Å². The molecule has 0 spiro atoms. The third kappa shape index (κ3) is 3.53. The minimum Gasteiger partial charge on any atom is -0.356 e. The normalized spacial score (nSPS) is 11.4. The predicted octanol–water partition coefficient (Wildman–Crippen LogP) is 3.22. The summed E-state index contributed by atoms with van der Waals surface area (Å²) in [4.78, 5) is 18.4.